The van der Waals surface area contributed by atoms with Crippen molar-refractivity contribution < 1.29 is 18.7 Å². The van der Waals surface area contributed by atoms with Crippen LogP contribution >= 0.6 is 0 Å². The van der Waals surface area contributed by atoms with Crippen molar-refractivity contribution in [3.05, 3.63) is 29.6 Å². The van der Waals surface area contributed by atoms with Crippen LogP contribution in [0.5, 0.6) is 5.75 Å². The maximum Gasteiger partial charge on any atom is 0.168 e. The summed E-state index contributed by atoms with van der Waals surface area (Å²) in [7, 11) is 2.99. The zero-order chi connectivity index (χ0) is 12.7. The van der Waals surface area contributed by atoms with Crippen molar-refractivity contribution >= 4 is 5.78 Å². The zero-order valence-electron chi connectivity index (χ0n) is 10.2. The number of benzene rings is 1. The normalized spacial score (nSPS) is 10.3. The van der Waals surface area contributed by atoms with Crippen LogP contribution in [0.3, 0.4) is 0 Å². The van der Waals surface area contributed by atoms with Crippen molar-refractivity contribution in [3.63, 3.8) is 0 Å². The van der Waals surface area contributed by atoms with Crippen molar-refractivity contribution in [1.29, 1.82) is 0 Å². The van der Waals surface area contributed by atoms with Gasteiger partial charge in [0.1, 0.15) is 5.78 Å². The monoisotopic (exact) mass is 240 g/mol. The first-order valence-corrected chi connectivity index (χ1v) is 5.51. The van der Waals surface area contributed by atoms with Crippen LogP contribution in [-0.2, 0) is 16.0 Å². The zero-order valence-corrected chi connectivity index (χ0v) is 10.2. The molecular formula is C13H17FO3. The molecule has 0 aliphatic heterocycles. The second-order valence-corrected chi connectivity index (χ2v) is 3.75. The molecule has 17 heavy (non-hydrogen) atoms. The molecule has 0 bridgehead atoms. The molecule has 1 rings (SSSR count). The fourth-order valence-corrected chi connectivity index (χ4v) is 1.56. The van der Waals surface area contributed by atoms with Gasteiger partial charge in [-0.1, -0.05) is 12.1 Å². The number of hydrogen-bond acceptors (Lipinski definition) is 3. The molecule has 0 amide bonds. The van der Waals surface area contributed by atoms with Crippen molar-refractivity contribution in [1.82, 2.24) is 0 Å². The van der Waals surface area contributed by atoms with Gasteiger partial charge in [-0.2, -0.15) is 0 Å². The van der Waals surface area contributed by atoms with Gasteiger partial charge in [-0.15, -0.1) is 0 Å². The van der Waals surface area contributed by atoms with E-state index in [4.69, 9.17) is 9.47 Å². The average molecular weight is 240 g/mol. The van der Waals surface area contributed by atoms with Gasteiger partial charge >= 0.3 is 0 Å². The van der Waals surface area contributed by atoms with E-state index in [-0.39, 0.29) is 18.0 Å². The van der Waals surface area contributed by atoms with Gasteiger partial charge < -0.3 is 9.47 Å². The lowest BCUT2D eigenvalue weighted by Gasteiger charge is -2.06. The average Bonchev–Trinajstić information content (AvgIpc) is 2.32. The molecule has 1 aromatic carbocycles. The Bertz CT molecular complexity index is 377. The van der Waals surface area contributed by atoms with Gasteiger partial charge in [-0.25, -0.2) is 4.39 Å². The summed E-state index contributed by atoms with van der Waals surface area (Å²) in [5.41, 5.74) is 0.381. The number of hydrogen-bond donors (Lipinski definition) is 0. The smallest absolute Gasteiger partial charge is 0.168 e. The molecule has 0 fully saturated rings. The summed E-state index contributed by atoms with van der Waals surface area (Å²) in [6.07, 6.45) is 1.18. The summed E-state index contributed by atoms with van der Waals surface area (Å²) in [6, 6.07) is 4.82. The van der Waals surface area contributed by atoms with Gasteiger partial charge in [-0.3, -0.25) is 4.79 Å². The standard InChI is InChI=1S/C13H17FO3/c1-16-8-4-6-11(15)9-10-5-3-7-12(17-2)13(10)14/h3,5,7H,4,6,8-9H2,1-2H3. The fourth-order valence-electron chi connectivity index (χ4n) is 1.56. The number of halogens is 1. The first kappa shape index (κ1) is 13.6. The maximum atomic E-state index is 13.7. The maximum absolute atomic E-state index is 13.7. The third kappa shape index (κ3) is 4.15. The van der Waals surface area contributed by atoms with E-state index < -0.39 is 5.82 Å². The Kier molecular flexibility index (Phi) is 5.63. The molecule has 0 aliphatic carbocycles. The molecule has 0 atom stereocenters. The minimum absolute atomic E-state index is 0.00852. The van der Waals surface area contributed by atoms with Crippen LogP contribution in [0.2, 0.25) is 0 Å². The second kappa shape index (κ2) is 7.01. The van der Waals surface area contributed by atoms with Crippen molar-refractivity contribution in [3.8, 4) is 5.75 Å². The Labute approximate surface area is 101 Å². The van der Waals surface area contributed by atoms with Crippen molar-refractivity contribution in [2.24, 2.45) is 0 Å². The highest BCUT2D eigenvalue weighted by Gasteiger charge is 2.11. The number of Topliss-reactive ketones (excluding diaryl/α,β-unsaturated/α-hetero) is 1. The van der Waals surface area contributed by atoms with E-state index >= 15 is 0 Å². The first-order valence-electron chi connectivity index (χ1n) is 5.51. The number of carbonyl (C=O) groups is 1. The number of ketones is 1. The van der Waals surface area contributed by atoms with Gasteiger partial charge in [0.15, 0.2) is 11.6 Å². The van der Waals surface area contributed by atoms with Gasteiger partial charge in [0, 0.05) is 26.6 Å². The Balaban J connectivity index is 2.59. The summed E-state index contributed by atoms with van der Waals surface area (Å²) in [5, 5.41) is 0. The molecule has 0 spiro atoms. The minimum Gasteiger partial charge on any atom is -0.494 e. The summed E-state index contributed by atoms with van der Waals surface area (Å²) in [6.45, 7) is 0.548. The topological polar surface area (TPSA) is 35.5 Å². The molecule has 0 aliphatic rings. The summed E-state index contributed by atoms with van der Waals surface area (Å²) in [4.78, 5) is 11.6. The van der Waals surface area contributed by atoms with Crippen molar-refractivity contribution in [2.75, 3.05) is 20.8 Å². The Morgan fingerprint density at radius 1 is 1.35 bits per heavy atom. The van der Waals surface area contributed by atoms with Crippen molar-refractivity contribution in [2.45, 2.75) is 19.3 Å². The van der Waals surface area contributed by atoms with Crippen LogP contribution in [-0.4, -0.2) is 26.6 Å². The Hall–Kier alpha value is -1.42. The lowest BCUT2D eigenvalue weighted by Crippen LogP contribution is -2.06. The van der Waals surface area contributed by atoms with Crippen LogP contribution in [0.25, 0.3) is 0 Å². The summed E-state index contributed by atoms with van der Waals surface area (Å²) >= 11 is 0. The van der Waals surface area contributed by atoms with Crippen LogP contribution < -0.4 is 4.74 Å². The van der Waals surface area contributed by atoms with Crippen LogP contribution in [0.4, 0.5) is 4.39 Å². The Morgan fingerprint density at radius 3 is 2.76 bits per heavy atom. The molecule has 0 radical (unpaired) electrons. The lowest BCUT2D eigenvalue weighted by molar-refractivity contribution is -0.118. The molecule has 3 nitrogen and oxygen atoms in total. The molecule has 94 valence electrons. The van der Waals surface area contributed by atoms with Crippen LogP contribution in [0.1, 0.15) is 18.4 Å². The highest BCUT2D eigenvalue weighted by Crippen LogP contribution is 2.20. The predicted octanol–water partition coefficient (Wildman–Crippen LogP) is 2.37. The van der Waals surface area contributed by atoms with E-state index in [9.17, 15) is 9.18 Å². The van der Waals surface area contributed by atoms with Crippen LogP contribution in [0, 0.1) is 5.82 Å². The highest BCUT2D eigenvalue weighted by atomic mass is 19.1. The first-order chi connectivity index (χ1) is 8.19. The third-order valence-corrected chi connectivity index (χ3v) is 2.45. The molecule has 0 aromatic heterocycles. The van der Waals surface area contributed by atoms with E-state index in [1.54, 1.807) is 19.2 Å². The number of rotatable bonds is 7. The molecule has 1 aromatic rings. The fraction of sp³-hybridized carbons (Fsp3) is 0.462. The number of ether oxygens (including phenoxy) is 2. The quantitative estimate of drug-likeness (QED) is 0.686. The van der Waals surface area contributed by atoms with Crippen LogP contribution in [0.15, 0.2) is 18.2 Å². The van der Waals surface area contributed by atoms with E-state index in [1.165, 1.54) is 13.2 Å². The molecule has 4 heteroatoms. The molecule has 0 heterocycles. The molecular weight excluding hydrogens is 223 g/mol. The number of methoxy groups -OCH3 is 2. The van der Waals surface area contributed by atoms with Gasteiger partial charge in [0.2, 0.25) is 0 Å². The van der Waals surface area contributed by atoms with Gasteiger partial charge in [0.25, 0.3) is 0 Å². The minimum atomic E-state index is -0.449. The lowest BCUT2D eigenvalue weighted by atomic mass is 10.0. The Morgan fingerprint density at radius 2 is 2.12 bits per heavy atom. The molecule has 0 saturated carbocycles. The van der Waals surface area contributed by atoms with Gasteiger partial charge in [-0.05, 0) is 18.1 Å². The van der Waals surface area contributed by atoms with E-state index in [1.807, 2.05) is 0 Å². The van der Waals surface area contributed by atoms with Gasteiger partial charge in [0.05, 0.1) is 7.11 Å². The molecule has 0 unspecified atom stereocenters. The SMILES string of the molecule is COCCCC(=O)Cc1cccc(OC)c1F. The van der Waals surface area contributed by atoms with E-state index in [0.29, 0.717) is 25.0 Å². The second-order valence-electron chi connectivity index (χ2n) is 3.75. The highest BCUT2D eigenvalue weighted by molar-refractivity contribution is 5.81. The molecule has 0 N–H and O–H groups in total. The summed E-state index contributed by atoms with van der Waals surface area (Å²) < 4.78 is 23.4. The van der Waals surface area contributed by atoms with E-state index in [2.05, 4.69) is 0 Å². The largest absolute Gasteiger partial charge is 0.494 e. The molecule has 0 saturated heterocycles. The number of carbonyl (C=O) groups excluding carboxylic acids is 1. The summed E-state index contributed by atoms with van der Waals surface area (Å²) in [5.74, 6) is -0.267. The predicted molar refractivity (Wildman–Crippen MR) is 62.8 cm³/mol. The third-order valence-electron chi connectivity index (χ3n) is 2.45. The van der Waals surface area contributed by atoms with E-state index in [0.717, 1.165) is 0 Å².